The molecule has 1 aromatic carbocycles. The molecule has 29 heavy (non-hydrogen) atoms. The average Bonchev–Trinajstić information content (AvgIpc) is 3.43. The Morgan fingerprint density at radius 1 is 1.28 bits per heavy atom. The number of carboxylic acids is 1. The molecule has 8 heteroatoms. The van der Waals surface area contributed by atoms with E-state index in [1.165, 1.54) is 6.26 Å². The number of aromatic nitrogens is 1. The van der Waals surface area contributed by atoms with Gasteiger partial charge in [0.1, 0.15) is 11.8 Å². The lowest BCUT2D eigenvalue weighted by Crippen LogP contribution is -2.45. The van der Waals surface area contributed by atoms with E-state index < -0.39 is 23.8 Å². The Kier molecular flexibility index (Phi) is 5.07. The van der Waals surface area contributed by atoms with Crippen molar-refractivity contribution in [2.75, 3.05) is 6.54 Å². The first-order valence-corrected chi connectivity index (χ1v) is 9.39. The molecule has 0 unspecified atom stereocenters. The van der Waals surface area contributed by atoms with Gasteiger partial charge < -0.3 is 24.7 Å². The van der Waals surface area contributed by atoms with Crippen LogP contribution in [0.1, 0.15) is 17.7 Å². The highest BCUT2D eigenvalue weighted by Crippen LogP contribution is 2.22. The Morgan fingerprint density at radius 3 is 2.86 bits per heavy atom. The minimum atomic E-state index is -1.11. The molecule has 1 fully saturated rings. The average molecular weight is 395 g/mol. The van der Waals surface area contributed by atoms with E-state index in [0.717, 1.165) is 16.5 Å². The molecule has 1 saturated heterocycles. The van der Waals surface area contributed by atoms with E-state index >= 15 is 0 Å². The molecule has 0 radical (unpaired) electrons. The standard InChI is InChI=1S/C21H21N3O5/c25-19-9-14(11-24(19)12-15-4-3-7-29-15)20(26)23-18(21(27)28)8-13-10-22-17-6-2-1-5-16(13)17/h1-7,10,14,18,22H,8-9,11-12H2,(H,23,26)(H,27,28)/t14-,18-/m1/s1. The Hall–Kier alpha value is -3.55. The maximum Gasteiger partial charge on any atom is 0.326 e. The summed E-state index contributed by atoms with van der Waals surface area (Å²) in [7, 11) is 0. The normalized spacial score (nSPS) is 17.6. The topological polar surface area (TPSA) is 116 Å². The molecule has 3 aromatic rings. The number of para-hydroxylation sites is 1. The smallest absolute Gasteiger partial charge is 0.326 e. The molecule has 8 nitrogen and oxygen atoms in total. The summed E-state index contributed by atoms with van der Waals surface area (Å²) in [5.74, 6) is -1.62. The summed E-state index contributed by atoms with van der Waals surface area (Å²) >= 11 is 0. The van der Waals surface area contributed by atoms with Crippen LogP contribution in [0.2, 0.25) is 0 Å². The molecule has 0 aliphatic carbocycles. The van der Waals surface area contributed by atoms with Crippen LogP contribution in [0.5, 0.6) is 0 Å². The molecule has 2 amide bonds. The minimum absolute atomic E-state index is 0.0615. The number of likely N-dealkylation sites (tertiary alicyclic amines) is 1. The molecule has 1 aliphatic rings. The van der Waals surface area contributed by atoms with Gasteiger partial charge in [0.15, 0.2) is 0 Å². The van der Waals surface area contributed by atoms with Crippen molar-refractivity contribution in [2.45, 2.75) is 25.4 Å². The molecule has 1 aliphatic heterocycles. The number of H-pyrrole nitrogens is 1. The number of hydrogen-bond donors (Lipinski definition) is 3. The van der Waals surface area contributed by atoms with Gasteiger partial charge in [0.2, 0.25) is 11.8 Å². The Labute approximate surface area is 166 Å². The third-order valence-electron chi connectivity index (χ3n) is 5.23. The SMILES string of the molecule is O=C(N[C@H](Cc1c[nH]c2ccccc12)C(=O)O)[C@@H]1CC(=O)N(Cc2ccco2)C1. The number of benzene rings is 1. The predicted molar refractivity (Wildman–Crippen MR) is 104 cm³/mol. The zero-order valence-corrected chi connectivity index (χ0v) is 15.6. The van der Waals surface area contributed by atoms with Crippen LogP contribution in [-0.4, -0.2) is 45.4 Å². The number of nitrogens with one attached hydrogen (secondary N) is 2. The number of carbonyl (C=O) groups is 3. The zero-order chi connectivity index (χ0) is 20.4. The monoisotopic (exact) mass is 395 g/mol. The van der Waals surface area contributed by atoms with Crippen molar-refractivity contribution in [3.05, 3.63) is 60.2 Å². The second kappa shape index (κ2) is 7.83. The third kappa shape index (κ3) is 4.01. The summed E-state index contributed by atoms with van der Waals surface area (Å²) in [6.07, 6.45) is 3.51. The van der Waals surface area contributed by atoms with E-state index in [0.29, 0.717) is 12.3 Å². The van der Waals surface area contributed by atoms with E-state index in [9.17, 15) is 19.5 Å². The zero-order valence-electron chi connectivity index (χ0n) is 15.6. The van der Waals surface area contributed by atoms with Crippen LogP contribution in [0.3, 0.4) is 0 Å². The van der Waals surface area contributed by atoms with Crippen molar-refractivity contribution in [2.24, 2.45) is 5.92 Å². The van der Waals surface area contributed by atoms with E-state index in [-0.39, 0.29) is 25.3 Å². The summed E-state index contributed by atoms with van der Waals surface area (Å²) in [5.41, 5.74) is 1.73. The van der Waals surface area contributed by atoms with Crippen molar-refractivity contribution in [3.8, 4) is 0 Å². The molecule has 3 heterocycles. The molecule has 3 N–H and O–H groups in total. The van der Waals surface area contributed by atoms with Crippen molar-refractivity contribution in [1.29, 1.82) is 0 Å². The van der Waals surface area contributed by atoms with Crippen LogP contribution in [-0.2, 0) is 27.3 Å². The molecule has 2 aromatic heterocycles. The molecule has 2 atom stereocenters. The molecule has 0 saturated carbocycles. The Balaban J connectivity index is 1.41. The summed E-state index contributed by atoms with van der Waals surface area (Å²) < 4.78 is 5.25. The number of carbonyl (C=O) groups excluding carboxylic acids is 2. The first-order chi connectivity index (χ1) is 14.0. The summed E-state index contributed by atoms with van der Waals surface area (Å²) in [6, 6.07) is 10.0. The van der Waals surface area contributed by atoms with Crippen molar-refractivity contribution >= 4 is 28.7 Å². The first-order valence-electron chi connectivity index (χ1n) is 9.39. The van der Waals surface area contributed by atoms with Crippen LogP contribution in [0.25, 0.3) is 10.9 Å². The lowest BCUT2D eigenvalue weighted by molar-refractivity contribution is -0.142. The molecular weight excluding hydrogens is 374 g/mol. The first kappa shape index (κ1) is 18.8. The largest absolute Gasteiger partial charge is 0.480 e. The number of hydrogen-bond acceptors (Lipinski definition) is 4. The van der Waals surface area contributed by atoms with Gasteiger partial charge in [0.25, 0.3) is 0 Å². The third-order valence-corrected chi connectivity index (χ3v) is 5.23. The molecule has 0 bridgehead atoms. The minimum Gasteiger partial charge on any atom is -0.480 e. The van der Waals surface area contributed by atoms with Gasteiger partial charge in [-0.2, -0.15) is 0 Å². The van der Waals surface area contributed by atoms with Gasteiger partial charge in [-0.1, -0.05) is 18.2 Å². The maximum atomic E-state index is 12.7. The maximum absolute atomic E-state index is 12.7. The summed E-state index contributed by atoms with van der Waals surface area (Å²) in [4.78, 5) is 41.3. The molecule has 4 rings (SSSR count). The van der Waals surface area contributed by atoms with E-state index in [1.54, 1.807) is 23.2 Å². The number of fused-ring (bicyclic) bond motifs is 1. The highest BCUT2D eigenvalue weighted by molar-refractivity contribution is 5.92. The lowest BCUT2D eigenvalue weighted by atomic mass is 10.0. The van der Waals surface area contributed by atoms with Gasteiger partial charge in [0, 0.05) is 36.5 Å². The number of aliphatic carboxylic acids is 1. The number of rotatable bonds is 7. The van der Waals surface area contributed by atoms with Gasteiger partial charge in [0.05, 0.1) is 18.7 Å². The predicted octanol–water partition coefficient (Wildman–Crippen LogP) is 1.92. The second-order valence-electron chi connectivity index (χ2n) is 7.22. The van der Waals surface area contributed by atoms with Gasteiger partial charge >= 0.3 is 5.97 Å². The van der Waals surface area contributed by atoms with Crippen LogP contribution >= 0.6 is 0 Å². The van der Waals surface area contributed by atoms with Crippen LogP contribution in [0.15, 0.2) is 53.3 Å². The van der Waals surface area contributed by atoms with E-state index in [1.807, 2.05) is 24.3 Å². The van der Waals surface area contributed by atoms with Gasteiger partial charge in [-0.3, -0.25) is 9.59 Å². The fourth-order valence-electron chi connectivity index (χ4n) is 3.70. The quantitative estimate of drug-likeness (QED) is 0.565. The van der Waals surface area contributed by atoms with Crippen LogP contribution in [0.4, 0.5) is 0 Å². The van der Waals surface area contributed by atoms with E-state index in [2.05, 4.69) is 10.3 Å². The van der Waals surface area contributed by atoms with Crippen molar-refractivity contribution in [3.63, 3.8) is 0 Å². The van der Waals surface area contributed by atoms with E-state index in [4.69, 9.17) is 4.42 Å². The number of aromatic amines is 1. The van der Waals surface area contributed by atoms with Crippen LogP contribution < -0.4 is 5.32 Å². The fourth-order valence-corrected chi connectivity index (χ4v) is 3.70. The fraction of sp³-hybridized carbons (Fsp3) is 0.286. The van der Waals surface area contributed by atoms with Gasteiger partial charge in [-0.05, 0) is 23.8 Å². The summed E-state index contributed by atoms with van der Waals surface area (Å²) in [6.45, 7) is 0.540. The highest BCUT2D eigenvalue weighted by Gasteiger charge is 2.36. The number of nitrogens with zero attached hydrogens (tertiary/aromatic N) is 1. The molecule has 0 spiro atoms. The Bertz CT molecular complexity index is 1040. The van der Waals surface area contributed by atoms with Crippen molar-refractivity contribution < 1.29 is 23.9 Å². The highest BCUT2D eigenvalue weighted by atomic mass is 16.4. The summed E-state index contributed by atoms with van der Waals surface area (Å²) in [5, 5.41) is 13.1. The Morgan fingerprint density at radius 2 is 2.10 bits per heavy atom. The number of furan rings is 1. The molecule has 150 valence electrons. The second-order valence-corrected chi connectivity index (χ2v) is 7.22. The molecular formula is C21H21N3O5. The van der Waals surface area contributed by atoms with Gasteiger partial charge in [-0.15, -0.1) is 0 Å². The number of amides is 2. The number of carboxylic acid groups (broad SMARTS) is 1. The van der Waals surface area contributed by atoms with Gasteiger partial charge in [-0.25, -0.2) is 4.79 Å². The van der Waals surface area contributed by atoms with Crippen molar-refractivity contribution in [1.82, 2.24) is 15.2 Å². The van der Waals surface area contributed by atoms with Crippen LogP contribution in [0, 0.1) is 5.92 Å². The lowest BCUT2D eigenvalue weighted by Gasteiger charge is -2.18.